The average molecular weight is 275 g/mol. The second-order valence-electron chi connectivity index (χ2n) is 4.44. The number of sulfone groups is 1. The fraction of sp³-hybridized carbons (Fsp3) is 0.667. The van der Waals surface area contributed by atoms with Crippen molar-refractivity contribution in [3.63, 3.8) is 0 Å². The molecule has 2 atom stereocenters. The van der Waals surface area contributed by atoms with E-state index in [-0.39, 0.29) is 6.04 Å². The van der Waals surface area contributed by atoms with Crippen LogP contribution in [0.3, 0.4) is 0 Å². The van der Waals surface area contributed by atoms with Gasteiger partial charge < -0.3 is 5.32 Å². The molecule has 5 heteroatoms. The summed E-state index contributed by atoms with van der Waals surface area (Å²) in [7, 11) is -3.04. The van der Waals surface area contributed by atoms with E-state index < -0.39 is 15.1 Å². The molecule has 0 aliphatic heterocycles. The van der Waals surface area contributed by atoms with E-state index in [4.69, 9.17) is 0 Å². The van der Waals surface area contributed by atoms with Crippen LogP contribution in [-0.2, 0) is 9.84 Å². The predicted molar refractivity (Wildman–Crippen MR) is 74.5 cm³/mol. The molecular formula is C12H21NO2S2. The van der Waals surface area contributed by atoms with Gasteiger partial charge in [-0.25, -0.2) is 8.42 Å². The van der Waals surface area contributed by atoms with E-state index in [0.717, 1.165) is 12.1 Å². The van der Waals surface area contributed by atoms with Crippen molar-refractivity contribution in [3.8, 4) is 0 Å². The van der Waals surface area contributed by atoms with Crippen LogP contribution in [0.25, 0.3) is 0 Å². The maximum Gasteiger partial charge on any atom is 0.151 e. The molecular weight excluding hydrogens is 254 g/mol. The Morgan fingerprint density at radius 1 is 1.41 bits per heavy atom. The molecule has 2 unspecified atom stereocenters. The van der Waals surface area contributed by atoms with E-state index in [1.54, 1.807) is 18.3 Å². The zero-order valence-corrected chi connectivity index (χ0v) is 12.7. The molecule has 0 fully saturated rings. The summed E-state index contributed by atoms with van der Waals surface area (Å²) in [6.07, 6.45) is 1.30. The average Bonchev–Trinajstić information content (AvgIpc) is 2.52. The van der Waals surface area contributed by atoms with Gasteiger partial charge in [-0.15, -0.1) is 11.3 Å². The van der Waals surface area contributed by atoms with Crippen molar-refractivity contribution in [2.75, 3.05) is 12.8 Å². The van der Waals surface area contributed by atoms with Crippen LogP contribution in [0.4, 0.5) is 0 Å². The van der Waals surface area contributed by atoms with Crippen molar-refractivity contribution in [1.29, 1.82) is 0 Å². The third kappa shape index (κ3) is 3.53. The topological polar surface area (TPSA) is 46.2 Å². The predicted octanol–water partition coefficient (Wildman–Crippen LogP) is 2.45. The van der Waals surface area contributed by atoms with Crippen molar-refractivity contribution in [1.82, 2.24) is 5.32 Å². The highest BCUT2D eigenvalue weighted by molar-refractivity contribution is 7.91. The Morgan fingerprint density at radius 3 is 2.35 bits per heavy atom. The summed E-state index contributed by atoms with van der Waals surface area (Å²) in [5.41, 5.74) is 1.12. The molecule has 0 aliphatic rings. The number of nitrogens with one attached hydrogen (secondary N) is 1. The van der Waals surface area contributed by atoms with Gasteiger partial charge in [0.05, 0.1) is 5.25 Å². The molecule has 1 rings (SSSR count). The molecule has 0 aliphatic carbocycles. The third-order valence-corrected chi connectivity index (χ3v) is 5.59. The zero-order valence-electron chi connectivity index (χ0n) is 11.1. The van der Waals surface area contributed by atoms with Crippen molar-refractivity contribution in [2.24, 2.45) is 0 Å². The zero-order chi connectivity index (χ0) is 13.2. The van der Waals surface area contributed by atoms with E-state index in [2.05, 4.69) is 18.3 Å². The van der Waals surface area contributed by atoms with E-state index in [9.17, 15) is 8.42 Å². The SMILES string of the molecule is CCNC(c1cc(C)sc1C)C(C)S(C)(=O)=O. The highest BCUT2D eigenvalue weighted by atomic mass is 32.2. The number of rotatable bonds is 5. The summed E-state index contributed by atoms with van der Waals surface area (Å²) in [4.78, 5) is 2.42. The largest absolute Gasteiger partial charge is 0.309 e. The van der Waals surface area contributed by atoms with Crippen LogP contribution in [0.5, 0.6) is 0 Å². The van der Waals surface area contributed by atoms with Crippen LogP contribution in [0.2, 0.25) is 0 Å². The minimum absolute atomic E-state index is 0.111. The lowest BCUT2D eigenvalue weighted by Crippen LogP contribution is -2.35. The van der Waals surface area contributed by atoms with Crippen LogP contribution >= 0.6 is 11.3 Å². The van der Waals surface area contributed by atoms with E-state index in [1.807, 2.05) is 13.8 Å². The van der Waals surface area contributed by atoms with Gasteiger partial charge in [-0.2, -0.15) is 0 Å². The molecule has 1 heterocycles. The summed E-state index contributed by atoms with van der Waals surface area (Å²) < 4.78 is 23.4. The summed E-state index contributed by atoms with van der Waals surface area (Å²) >= 11 is 1.72. The molecule has 98 valence electrons. The molecule has 0 radical (unpaired) electrons. The Labute approximate surface area is 108 Å². The Morgan fingerprint density at radius 2 is 2.00 bits per heavy atom. The van der Waals surface area contributed by atoms with E-state index in [1.165, 1.54) is 16.0 Å². The molecule has 0 amide bonds. The van der Waals surface area contributed by atoms with Crippen molar-refractivity contribution in [2.45, 2.75) is 39.0 Å². The standard InChI is InChI=1S/C12H21NO2S2/c1-6-13-12(10(4)17(5,14)15)11-7-8(2)16-9(11)3/h7,10,12-13H,6H2,1-5H3. The molecule has 0 saturated heterocycles. The van der Waals surface area contributed by atoms with Crippen LogP contribution in [0, 0.1) is 13.8 Å². The van der Waals surface area contributed by atoms with Gasteiger partial charge in [0, 0.05) is 22.1 Å². The van der Waals surface area contributed by atoms with Gasteiger partial charge in [0.25, 0.3) is 0 Å². The first kappa shape index (κ1) is 14.7. The summed E-state index contributed by atoms with van der Waals surface area (Å²) in [5, 5.41) is 2.88. The number of hydrogen-bond donors (Lipinski definition) is 1. The smallest absolute Gasteiger partial charge is 0.151 e. The highest BCUT2D eigenvalue weighted by Gasteiger charge is 2.28. The van der Waals surface area contributed by atoms with Crippen LogP contribution in [-0.4, -0.2) is 26.5 Å². The first-order valence-electron chi connectivity index (χ1n) is 5.76. The molecule has 0 spiro atoms. The van der Waals surface area contributed by atoms with Gasteiger partial charge in [0.15, 0.2) is 9.84 Å². The summed E-state index contributed by atoms with van der Waals surface area (Å²) in [6, 6.07) is 1.98. The lowest BCUT2D eigenvalue weighted by atomic mass is 10.0. The van der Waals surface area contributed by atoms with Gasteiger partial charge in [-0.3, -0.25) is 0 Å². The van der Waals surface area contributed by atoms with Gasteiger partial charge in [0.2, 0.25) is 0 Å². The third-order valence-electron chi connectivity index (χ3n) is 2.98. The van der Waals surface area contributed by atoms with Crippen LogP contribution < -0.4 is 5.32 Å². The fourth-order valence-electron chi connectivity index (χ4n) is 1.96. The Hall–Kier alpha value is -0.390. The molecule has 0 saturated carbocycles. The molecule has 0 aromatic carbocycles. The highest BCUT2D eigenvalue weighted by Crippen LogP contribution is 2.30. The van der Waals surface area contributed by atoms with Gasteiger partial charge in [-0.1, -0.05) is 6.92 Å². The fourth-order valence-corrected chi connectivity index (χ4v) is 3.66. The Balaban J connectivity index is 3.14. The first-order valence-corrected chi connectivity index (χ1v) is 8.53. The van der Waals surface area contributed by atoms with Crippen molar-refractivity contribution >= 4 is 21.2 Å². The number of aryl methyl sites for hydroxylation is 2. The van der Waals surface area contributed by atoms with Crippen LogP contribution in [0.15, 0.2) is 6.07 Å². The normalized spacial score (nSPS) is 15.8. The molecule has 1 N–H and O–H groups in total. The summed E-state index contributed by atoms with van der Waals surface area (Å²) in [5.74, 6) is 0. The maximum absolute atomic E-state index is 11.7. The lowest BCUT2D eigenvalue weighted by molar-refractivity contribution is 0.512. The van der Waals surface area contributed by atoms with E-state index >= 15 is 0 Å². The van der Waals surface area contributed by atoms with Crippen molar-refractivity contribution < 1.29 is 8.42 Å². The Kier molecular flexibility index (Phi) is 4.75. The summed E-state index contributed by atoms with van der Waals surface area (Å²) in [6.45, 7) is 8.63. The molecule has 3 nitrogen and oxygen atoms in total. The van der Waals surface area contributed by atoms with Gasteiger partial charge in [0.1, 0.15) is 0 Å². The maximum atomic E-state index is 11.7. The number of thiophene rings is 1. The Bertz CT molecular complexity index is 477. The molecule has 1 aromatic heterocycles. The van der Waals surface area contributed by atoms with Gasteiger partial charge >= 0.3 is 0 Å². The first-order chi connectivity index (χ1) is 7.77. The van der Waals surface area contributed by atoms with Gasteiger partial charge in [-0.05, 0) is 38.9 Å². The number of hydrogen-bond acceptors (Lipinski definition) is 4. The van der Waals surface area contributed by atoms with Crippen molar-refractivity contribution in [3.05, 3.63) is 21.4 Å². The molecule has 0 bridgehead atoms. The monoisotopic (exact) mass is 275 g/mol. The second-order valence-corrected chi connectivity index (χ2v) is 8.30. The quantitative estimate of drug-likeness (QED) is 0.898. The van der Waals surface area contributed by atoms with Crippen LogP contribution in [0.1, 0.15) is 35.2 Å². The second kappa shape index (κ2) is 5.50. The minimum atomic E-state index is -3.04. The lowest BCUT2D eigenvalue weighted by Gasteiger charge is -2.23. The minimum Gasteiger partial charge on any atom is -0.309 e. The molecule has 17 heavy (non-hydrogen) atoms. The van der Waals surface area contributed by atoms with E-state index in [0.29, 0.717) is 0 Å². The molecule has 1 aromatic rings.